The van der Waals surface area contributed by atoms with E-state index in [1.807, 2.05) is 31.2 Å². The molecule has 0 atom stereocenters. The fourth-order valence-electron chi connectivity index (χ4n) is 2.38. The predicted octanol–water partition coefficient (Wildman–Crippen LogP) is 4.13. The summed E-state index contributed by atoms with van der Waals surface area (Å²) in [5.41, 5.74) is 4.15. The maximum absolute atomic E-state index is 12.3. The van der Waals surface area contributed by atoms with Crippen molar-refractivity contribution in [3.8, 4) is 5.75 Å². The summed E-state index contributed by atoms with van der Waals surface area (Å²) in [6.07, 6.45) is 0.429. The second kappa shape index (κ2) is 6.38. The molecule has 2 heteroatoms. The van der Waals surface area contributed by atoms with Crippen LogP contribution in [0.3, 0.4) is 0 Å². The number of hydrogen-bond acceptors (Lipinski definition) is 2. The Hall–Kier alpha value is -2.09. The van der Waals surface area contributed by atoms with Crippen molar-refractivity contribution >= 4 is 5.78 Å². The zero-order chi connectivity index (χ0) is 14.5. The Bertz CT molecular complexity index is 594. The molecule has 20 heavy (non-hydrogen) atoms. The molecule has 0 saturated carbocycles. The molecule has 0 heterocycles. The Morgan fingerprint density at radius 1 is 1.05 bits per heavy atom. The summed E-state index contributed by atoms with van der Waals surface area (Å²) in [6.45, 7) is 6.64. The fraction of sp³-hybridized carbons (Fsp3) is 0.278. The van der Waals surface area contributed by atoms with Gasteiger partial charge in [0.25, 0.3) is 0 Å². The lowest BCUT2D eigenvalue weighted by Gasteiger charge is -2.07. The molecule has 0 N–H and O–H groups in total. The molecule has 2 rings (SSSR count). The van der Waals surface area contributed by atoms with Gasteiger partial charge in [-0.3, -0.25) is 4.79 Å². The Balaban J connectivity index is 2.17. The molecular weight excluding hydrogens is 248 g/mol. The average molecular weight is 268 g/mol. The number of carbonyl (C=O) groups excluding carboxylic acids is 1. The van der Waals surface area contributed by atoms with Crippen LogP contribution in [-0.2, 0) is 6.42 Å². The van der Waals surface area contributed by atoms with Crippen LogP contribution in [0.5, 0.6) is 5.75 Å². The van der Waals surface area contributed by atoms with E-state index in [1.54, 1.807) is 0 Å². The summed E-state index contributed by atoms with van der Waals surface area (Å²) in [7, 11) is 0. The van der Waals surface area contributed by atoms with Crippen molar-refractivity contribution in [3.63, 3.8) is 0 Å². The molecule has 0 radical (unpaired) electrons. The molecule has 0 unspecified atom stereocenters. The van der Waals surface area contributed by atoms with E-state index in [0.717, 1.165) is 11.3 Å². The fourth-order valence-corrected chi connectivity index (χ4v) is 2.38. The smallest absolute Gasteiger partial charge is 0.167 e. The molecule has 2 nitrogen and oxygen atoms in total. The first-order valence-corrected chi connectivity index (χ1v) is 6.91. The summed E-state index contributed by atoms with van der Waals surface area (Å²) in [5.74, 6) is 0.871. The summed E-state index contributed by atoms with van der Waals surface area (Å²) < 4.78 is 5.43. The van der Waals surface area contributed by atoms with Crippen LogP contribution in [0.2, 0.25) is 0 Å². The number of Topliss-reactive ketones (excluding diaryl/α,β-unsaturated/α-hetero) is 1. The van der Waals surface area contributed by atoms with Crippen molar-refractivity contribution in [2.75, 3.05) is 6.61 Å². The number of rotatable bonds is 5. The molecular formula is C18H20O2. The molecule has 0 amide bonds. The lowest BCUT2D eigenvalue weighted by atomic mass is 9.99. The lowest BCUT2D eigenvalue weighted by molar-refractivity contribution is 0.0992. The predicted molar refractivity (Wildman–Crippen MR) is 81.6 cm³/mol. The first-order chi connectivity index (χ1) is 9.58. The van der Waals surface area contributed by atoms with Crippen molar-refractivity contribution in [2.24, 2.45) is 0 Å². The summed E-state index contributed by atoms with van der Waals surface area (Å²) in [5, 5.41) is 0. The van der Waals surface area contributed by atoms with Gasteiger partial charge in [-0.1, -0.05) is 41.5 Å². The van der Waals surface area contributed by atoms with Gasteiger partial charge in [-0.25, -0.2) is 0 Å². The monoisotopic (exact) mass is 268 g/mol. The van der Waals surface area contributed by atoms with Gasteiger partial charge in [0.15, 0.2) is 5.78 Å². The number of ketones is 1. The van der Waals surface area contributed by atoms with E-state index in [9.17, 15) is 4.79 Å². The molecule has 0 aromatic heterocycles. The highest BCUT2D eigenvalue weighted by Crippen LogP contribution is 2.16. The normalized spacial score (nSPS) is 10.3. The minimum atomic E-state index is 0.122. The van der Waals surface area contributed by atoms with Gasteiger partial charge in [0.05, 0.1) is 6.61 Å². The van der Waals surface area contributed by atoms with E-state index in [-0.39, 0.29) is 5.78 Å². The minimum absolute atomic E-state index is 0.122. The molecule has 0 fully saturated rings. The second-order valence-corrected chi connectivity index (χ2v) is 5.06. The van der Waals surface area contributed by atoms with E-state index in [2.05, 4.69) is 32.0 Å². The molecule has 0 saturated heterocycles. The summed E-state index contributed by atoms with van der Waals surface area (Å²) >= 11 is 0. The minimum Gasteiger partial charge on any atom is -0.494 e. The standard InChI is InChI=1S/C18H20O2/c1-4-20-17-7-5-6-16(12-17)18(19)11-15-9-13(2)8-14(3)10-15/h5-10,12H,4,11H2,1-3H3. The average Bonchev–Trinajstić information content (AvgIpc) is 2.38. The topological polar surface area (TPSA) is 26.3 Å². The largest absolute Gasteiger partial charge is 0.494 e. The Morgan fingerprint density at radius 2 is 1.75 bits per heavy atom. The highest BCUT2D eigenvalue weighted by molar-refractivity contribution is 5.97. The Morgan fingerprint density at radius 3 is 2.40 bits per heavy atom. The SMILES string of the molecule is CCOc1cccc(C(=O)Cc2cc(C)cc(C)c2)c1. The van der Waals surface area contributed by atoms with Gasteiger partial charge in [-0.2, -0.15) is 0 Å². The molecule has 2 aromatic carbocycles. The van der Waals surface area contributed by atoms with Gasteiger partial charge in [-0.15, -0.1) is 0 Å². The van der Waals surface area contributed by atoms with Gasteiger partial charge in [-0.05, 0) is 38.5 Å². The third-order valence-corrected chi connectivity index (χ3v) is 3.11. The van der Waals surface area contributed by atoms with Crippen LogP contribution in [0.1, 0.15) is 34.0 Å². The first-order valence-electron chi connectivity index (χ1n) is 6.91. The quantitative estimate of drug-likeness (QED) is 0.762. The molecule has 0 aliphatic heterocycles. The molecule has 2 aromatic rings. The van der Waals surface area contributed by atoms with Crippen molar-refractivity contribution < 1.29 is 9.53 Å². The summed E-state index contributed by atoms with van der Waals surface area (Å²) in [4.78, 5) is 12.3. The van der Waals surface area contributed by atoms with Crippen LogP contribution in [0.15, 0.2) is 42.5 Å². The van der Waals surface area contributed by atoms with Crippen molar-refractivity contribution in [1.29, 1.82) is 0 Å². The van der Waals surface area contributed by atoms with Crippen LogP contribution in [-0.4, -0.2) is 12.4 Å². The molecule has 0 spiro atoms. The zero-order valence-corrected chi connectivity index (χ0v) is 12.3. The molecule has 104 valence electrons. The molecule has 0 bridgehead atoms. The highest BCUT2D eigenvalue weighted by Gasteiger charge is 2.09. The lowest BCUT2D eigenvalue weighted by Crippen LogP contribution is -2.04. The van der Waals surface area contributed by atoms with Gasteiger partial charge in [0, 0.05) is 12.0 Å². The Labute approximate surface area is 120 Å². The second-order valence-electron chi connectivity index (χ2n) is 5.06. The van der Waals surface area contributed by atoms with Crippen LogP contribution >= 0.6 is 0 Å². The van der Waals surface area contributed by atoms with E-state index < -0.39 is 0 Å². The van der Waals surface area contributed by atoms with Crippen LogP contribution < -0.4 is 4.74 Å². The number of benzene rings is 2. The highest BCUT2D eigenvalue weighted by atomic mass is 16.5. The van der Waals surface area contributed by atoms with Crippen molar-refractivity contribution in [1.82, 2.24) is 0 Å². The number of ether oxygens (including phenoxy) is 1. The van der Waals surface area contributed by atoms with E-state index >= 15 is 0 Å². The number of aryl methyl sites for hydroxylation is 2. The van der Waals surface area contributed by atoms with E-state index in [0.29, 0.717) is 18.6 Å². The first kappa shape index (κ1) is 14.3. The number of hydrogen-bond donors (Lipinski definition) is 0. The maximum atomic E-state index is 12.3. The van der Waals surface area contributed by atoms with Gasteiger partial charge >= 0.3 is 0 Å². The zero-order valence-electron chi connectivity index (χ0n) is 12.3. The Kier molecular flexibility index (Phi) is 4.57. The number of carbonyl (C=O) groups is 1. The molecule has 0 aliphatic carbocycles. The maximum Gasteiger partial charge on any atom is 0.167 e. The van der Waals surface area contributed by atoms with Crippen LogP contribution in [0.4, 0.5) is 0 Å². The third-order valence-electron chi connectivity index (χ3n) is 3.11. The van der Waals surface area contributed by atoms with Gasteiger partial charge < -0.3 is 4.74 Å². The van der Waals surface area contributed by atoms with Gasteiger partial charge in [0.2, 0.25) is 0 Å². The van der Waals surface area contributed by atoms with Crippen LogP contribution in [0, 0.1) is 13.8 Å². The van der Waals surface area contributed by atoms with Crippen LogP contribution in [0.25, 0.3) is 0 Å². The summed E-state index contributed by atoms with van der Waals surface area (Å²) in [6, 6.07) is 13.6. The molecule has 0 aliphatic rings. The van der Waals surface area contributed by atoms with Crippen molar-refractivity contribution in [2.45, 2.75) is 27.2 Å². The third kappa shape index (κ3) is 3.70. The van der Waals surface area contributed by atoms with Gasteiger partial charge in [0.1, 0.15) is 5.75 Å². The van der Waals surface area contributed by atoms with E-state index in [4.69, 9.17) is 4.74 Å². The van der Waals surface area contributed by atoms with E-state index in [1.165, 1.54) is 11.1 Å². The van der Waals surface area contributed by atoms with Crippen molar-refractivity contribution in [3.05, 3.63) is 64.7 Å².